The average Bonchev–Trinajstić information content (AvgIpc) is 3.43. The van der Waals surface area contributed by atoms with E-state index < -0.39 is 41.5 Å². The van der Waals surface area contributed by atoms with E-state index in [-0.39, 0.29) is 35.8 Å². The molecule has 4 aromatic carbocycles. The number of fused-ring (bicyclic) bond motifs is 1. The van der Waals surface area contributed by atoms with Crippen molar-refractivity contribution in [2.45, 2.75) is 46.1 Å². The van der Waals surface area contributed by atoms with Crippen LogP contribution >= 0.6 is 0 Å². The van der Waals surface area contributed by atoms with Gasteiger partial charge < -0.3 is 29.6 Å². The van der Waals surface area contributed by atoms with Gasteiger partial charge in [-0.05, 0) is 68.8 Å². The van der Waals surface area contributed by atoms with Gasteiger partial charge in [0.25, 0.3) is 11.5 Å². The molecule has 55 heavy (non-hydrogen) atoms. The molecule has 2 aromatic heterocycles. The third-order valence-electron chi connectivity index (χ3n) is 8.59. The fourth-order valence-corrected chi connectivity index (χ4v) is 5.83. The third kappa shape index (κ3) is 8.82. The van der Waals surface area contributed by atoms with Crippen LogP contribution < -0.4 is 25.7 Å². The second kappa shape index (κ2) is 16.8. The zero-order valence-electron chi connectivity index (χ0n) is 30.4. The summed E-state index contributed by atoms with van der Waals surface area (Å²) in [4.78, 5) is 57.2. The average molecular weight is 748 g/mol. The standard InChI is InChI=1S/C41H38FN5O8/c1-25(54-40(50)26(2)44-41(51)53-24-28-11-7-5-8-12-28)23-46-27(3)37(39(49)47(46)30-13-9-6-10-14-30)38(48)45-29-15-18-36(33(42)21-29)55-35-19-20-43-34-22-31(52-4)16-17-32(34)35/h5-22,25-26H,23-24H2,1-4H3,(H,44,51)(H,45,48). The Morgan fingerprint density at radius 1 is 0.891 bits per heavy atom. The van der Waals surface area contributed by atoms with Crippen LogP contribution in [-0.4, -0.2) is 51.6 Å². The zero-order valence-corrected chi connectivity index (χ0v) is 30.4. The monoisotopic (exact) mass is 747 g/mol. The molecule has 13 nitrogen and oxygen atoms in total. The Hall–Kier alpha value is -6.96. The highest BCUT2D eigenvalue weighted by atomic mass is 19.1. The molecule has 0 fully saturated rings. The molecule has 2 atom stereocenters. The minimum atomic E-state index is -1.04. The zero-order chi connectivity index (χ0) is 39.1. The number of amides is 2. The number of carbonyl (C=O) groups excluding carboxylic acids is 3. The van der Waals surface area contributed by atoms with Gasteiger partial charge in [0.05, 0.1) is 30.6 Å². The lowest BCUT2D eigenvalue weighted by Crippen LogP contribution is -2.41. The molecule has 0 aliphatic rings. The molecule has 0 aliphatic heterocycles. The minimum absolute atomic E-state index is 0.0277. The lowest BCUT2D eigenvalue weighted by Gasteiger charge is -2.21. The van der Waals surface area contributed by atoms with Gasteiger partial charge in [0.1, 0.15) is 35.8 Å². The first-order valence-corrected chi connectivity index (χ1v) is 17.3. The summed E-state index contributed by atoms with van der Waals surface area (Å²) in [6.07, 6.45) is -0.0634. The van der Waals surface area contributed by atoms with Crippen LogP contribution in [0.2, 0.25) is 0 Å². The molecule has 0 aliphatic carbocycles. The highest BCUT2D eigenvalue weighted by Gasteiger charge is 2.27. The van der Waals surface area contributed by atoms with Crippen molar-refractivity contribution in [3.05, 3.63) is 142 Å². The van der Waals surface area contributed by atoms with Crippen LogP contribution in [0, 0.1) is 12.7 Å². The van der Waals surface area contributed by atoms with E-state index in [0.717, 1.165) is 11.6 Å². The number of esters is 1. The summed E-state index contributed by atoms with van der Waals surface area (Å²) in [5.41, 5.74) is 1.36. The molecule has 6 rings (SSSR count). The van der Waals surface area contributed by atoms with Gasteiger partial charge in [-0.15, -0.1) is 0 Å². The summed E-state index contributed by atoms with van der Waals surface area (Å²) < 4.78 is 40.2. The van der Waals surface area contributed by atoms with Crippen LogP contribution in [-0.2, 0) is 27.4 Å². The molecular weight excluding hydrogens is 709 g/mol. The molecule has 0 bridgehead atoms. The molecule has 282 valence electrons. The number of aromatic nitrogens is 3. The van der Waals surface area contributed by atoms with Crippen molar-refractivity contribution in [3.8, 4) is 22.9 Å². The van der Waals surface area contributed by atoms with Gasteiger partial charge in [-0.2, -0.15) is 0 Å². The molecule has 0 saturated carbocycles. The molecule has 2 heterocycles. The van der Waals surface area contributed by atoms with Crippen molar-refractivity contribution >= 4 is 34.6 Å². The normalized spacial score (nSPS) is 12.0. The number of methoxy groups -OCH3 is 1. The smallest absolute Gasteiger partial charge is 0.408 e. The van der Waals surface area contributed by atoms with Crippen LogP contribution in [0.3, 0.4) is 0 Å². The van der Waals surface area contributed by atoms with Crippen LogP contribution in [0.1, 0.15) is 35.5 Å². The van der Waals surface area contributed by atoms with E-state index in [1.54, 1.807) is 87.7 Å². The highest BCUT2D eigenvalue weighted by Crippen LogP contribution is 2.33. The quantitative estimate of drug-likeness (QED) is 0.120. The Balaban J connectivity index is 1.16. The molecule has 2 unspecified atom stereocenters. The van der Waals surface area contributed by atoms with Crippen molar-refractivity contribution in [2.24, 2.45) is 0 Å². The number of pyridine rings is 1. The largest absolute Gasteiger partial charge is 0.497 e. The third-order valence-corrected chi connectivity index (χ3v) is 8.59. The number of hydrogen-bond acceptors (Lipinski definition) is 9. The number of carbonyl (C=O) groups is 3. The van der Waals surface area contributed by atoms with Crippen molar-refractivity contribution in [1.29, 1.82) is 0 Å². The van der Waals surface area contributed by atoms with Gasteiger partial charge in [0, 0.05) is 29.4 Å². The number of hydrogen-bond donors (Lipinski definition) is 2. The SMILES string of the molecule is COc1ccc2c(Oc3ccc(NC(=O)c4c(C)n(CC(C)OC(=O)C(C)NC(=O)OCc5ccccc5)n(-c5ccccc5)c4=O)cc3F)ccnc2c1. The van der Waals surface area contributed by atoms with E-state index in [9.17, 15) is 19.2 Å². The summed E-state index contributed by atoms with van der Waals surface area (Å²) in [6.45, 7) is 4.66. The molecular formula is C41H38FN5O8. The first-order chi connectivity index (χ1) is 26.5. The van der Waals surface area contributed by atoms with Gasteiger partial charge in [-0.25, -0.2) is 18.7 Å². The molecule has 0 spiro atoms. The predicted molar refractivity (Wildman–Crippen MR) is 202 cm³/mol. The van der Waals surface area contributed by atoms with Gasteiger partial charge in [0.2, 0.25) is 0 Å². The summed E-state index contributed by atoms with van der Waals surface area (Å²) >= 11 is 0. The first-order valence-electron chi connectivity index (χ1n) is 17.3. The fourth-order valence-electron chi connectivity index (χ4n) is 5.83. The van der Waals surface area contributed by atoms with Crippen LogP contribution in [0.15, 0.2) is 114 Å². The van der Waals surface area contributed by atoms with E-state index >= 15 is 4.39 Å². The van der Waals surface area contributed by atoms with E-state index in [1.807, 2.05) is 18.2 Å². The highest BCUT2D eigenvalue weighted by molar-refractivity contribution is 6.05. The van der Waals surface area contributed by atoms with E-state index in [2.05, 4.69) is 15.6 Å². The minimum Gasteiger partial charge on any atom is -0.497 e. The summed E-state index contributed by atoms with van der Waals surface area (Å²) in [6, 6.07) is 27.5. The van der Waals surface area contributed by atoms with Crippen LogP contribution in [0.5, 0.6) is 17.2 Å². The van der Waals surface area contributed by atoms with Crippen molar-refractivity contribution in [3.63, 3.8) is 0 Å². The number of halogens is 1. The number of rotatable bonds is 13. The van der Waals surface area contributed by atoms with Crippen molar-refractivity contribution in [2.75, 3.05) is 12.4 Å². The van der Waals surface area contributed by atoms with Gasteiger partial charge >= 0.3 is 12.1 Å². The fraction of sp³-hybridized carbons (Fsp3) is 0.195. The topological polar surface area (TPSA) is 152 Å². The van der Waals surface area contributed by atoms with E-state index in [4.69, 9.17) is 18.9 Å². The maximum absolute atomic E-state index is 15.4. The molecule has 14 heteroatoms. The van der Waals surface area contributed by atoms with Gasteiger partial charge in [0.15, 0.2) is 11.6 Å². The maximum atomic E-state index is 15.4. The predicted octanol–water partition coefficient (Wildman–Crippen LogP) is 6.93. The lowest BCUT2D eigenvalue weighted by atomic mass is 10.2. The number of benzene rings is 4. The molecule has 2 amide bonds. The van der Waals surface area contributed by atoms with E-state index in [0.29, 0.717) is 28.1 Å². The summed E-state index contributed by atoms with van der Waals surface area (Å²) in [5.74, 6) is -1.37. The molecule has 0 saturated heterocycles. The van der Waals surface area contributed by atoms with Crippen molar-refractivity contribution in [1.82, 2.24) is 19.7 Å². The second-order valence-corrected chi connectivity index (χ2v) is 12.6. The summed E-state index contributed by atoms with van der Waals surface area (Å²) in [7, 11) is 1.55. The number of para-hydroxylation sites is 1. The number of nitrogens with one attached hydrogen (secondary N) is 2. The van der Waals surface area contributed by atoms with Crippen LogP contribution in [0.25, 0.3) is 16.6 Å². The first kappa shape index (κ1) is 37.8. The maximum Gasteiger partial charge on any atom is 0.408 e. The van der Waals surface area contributed by atoms with E-state index in [1.165, 1.54) is 34.6 Å². The molecule has 2 N–H and O–H groups in total. The number of alkyl carbamates (subject to hydrolysis) is 1. The Morgan fingerprint density at radius 3 is 2.33 bits per heavy atom. The lowest BCUT2D eigenvalue weighted by molar-refractivity contribution is -0.151. The Kier molecular flexibility index (Phi) is 11.5. The number of anilines is 1. The molecule has 0 radical (unpaired) electrons. The summed E-state index contributed by atoms with van der Waals surface area (Å²) in [5, 5.41) is 5.72. The van der Waals surface area contributed by atoms with Crippen LogP contribution in [0.4, 0.5) is 14.9 Å². The second-order valence-electron chi connectivity index (χ2n) is 12.6. The Bertz CT molecular complexity index is 2400. The Labute approximate surface area is 315 Å². The van der Waals surface area contributed by atoms with Gasteiger partial charge in [-0.3, -0.25) is 19.3 Å². The number of nitrogens with zero attached hydrogens (tertiary/aromatic N) is 3. The number of ether oxygens (including phenoxy) is 4. The Morgan fingerprint density at radius 2 is 1.62 bits per heavy atom. The molecule has 6 aromatic rings. The van der Waals surface area contributed by atoms with Gasteiger partial charge in [-0.1, -0.05) is 48.5 Å². The van der Waals surface area contributed by atoms with Crippen molar-refractivity contribution < 1.29 is 37.7 Å².